The summed E-state index contributed by atoms with van der Waals surface area (Å²) in [5.41, 5.74) is 5.36. The van der Waals surface area contributed by atoms with Crippen LogP contribution >= 0.6 is 11.3 Å². The molecule has 0 aromatic carbocycles. The molecule has 0 fully saturated rings. The van der Waals surface area contributed by atoms with Gasteiger partial charge in [0.05, 0.1) is 6.07 Å². The number of rotatable bonds is 3. The minimum Gasteiger partial charge on any atom is -0.398 e. The zero-order chi connectivity index (χ0) is 10.8. The van der Waals surface area contributed by atoms with E-state index in [4.69, 9.17) is 10.2 Å². The van der Waals surface area contributed by atoms with Crippen LogP contribution in [0.25, 0.3) is 10.8 Å². The number of aromatic nitrogens is 2. The predicted molar refractivity (Wildman–Crippen MR) is 52.2 cm³/mol. The van der Waals surface area contributed by atoms with Crippen LogP contribution in [0, 0.1) is 10.1 Å². The lowest BCUT2D eigenvalue weighted by Gasteiger charge is -1.85. The van der Waals surface area contributed by atoms with E-state index in [1.807, 2.05) is 0 Å². The van der Waals surface area contributed by atoms with Gasteiger partial charge in [0.2, 0.25) is 0 Å². The van der Waals surface area contributed by atoms with Crippen molar-refractivity contribution in [2.24, 2.45) is 5.73 Å². The average Bonchev–Trinajstić information content (AvgIpc) is 2.86. The first-order valence-corrected chi connectivity index (χ1v) is 4.79. The monoisotopic (exact) mass is 226 g/mol. The van der Waals surface area contributed by atoms with Gasteiger partial charge in [0.25, 0.3) is 0 Å². The smallest absolute Gasteiger partial charge is 0.398 e. The Morgan fingerprint density at radius 3 is 2.87 bits per heavy atom. The fourth-order valence-corrected chi connectivity index (χ4v) is 1.66. The molecule has 0 spiro atoms. The summed E-state index contributed by atoms with van der Waals surface area (Å²) in [6.45, 7) is 0.292. The summed E-state index contributed by atoms with van der Waals surface area (Å²) in [5, 5.41) is 19.1. The second kappa shape index (κ2) is 3.75. The first kappa shape index (κ1) is 9.74. The molecular formula is C7H6N4O3S. The van der Waals surface area contributed by atoms with E-state index in [-0.39, 0.29) is 5.88 Å². The van der Waals surface area contributed by atoms with Gasteiger partial charge in [0.15, 0.2) is 10.8 Å². The highest BCUT2D eigenvalue weighted by molar-refractivity contribution is 7.14. The standard InChI is InChI=1S/C7H6N4O3S/c8-3-5-9-10-7(15-5)4-1-2-6(14-4)11(12)13/h1-2H,3,8H2. The van der Waals surface area contributed by atoms with Crippen LogP contribution < -0.4 is 5.73 Å². The fraction of sp³-hybridized carbons (Fsp3) is 0.143. The second-order valence-corrected chi connectivity index (χ2v) is 3.66. The van der Waals surface area contributed by atoms with Crippen molar-refractivity contribution >= 4 is 17.2 Å². The molecule has 2 aromatic heterocycles. The maximum Gasteiger partial charge on any atom is 0.433 e. The Morgan fingerprint density at radius 2 is 2.33 bits per heavy atom. The molecule has 0 saturated heterocycles. The van der Waals surface area contributed by atoms with Crippen LogP contribution in [0.2, 0.25) is 0 Å². The van der Waals surface area contributed by atoms with Gasteiger partial charge in [-0.25, -0.2) is 0 Å². The van der Waals surface area contributed by atoms with Gasteiger partial charge in [0.1, 0.15) is 9.93 Å². The number of furan rings is 1. The van der Waals surface area contributed by atoms with Crippen molar-refractivity contribution < 1.29 is 9.34 Å². The molecule has 2 N–H and O–H groups in total. The lowest BCUT2D eigenvalue weighted by Crippen LogP contribution is -1.94. The summed E-state index contributed by atoms with van der Waals surface area (Å²) >= 11 is 1.25. The SMILES string of the molecule is NCc1nnc(-c2ccc([N+](=O)[O-])o2)s1. The predicted octanol–water partition coefficient (Wildman–Crippen LogP) is 1.16. The van der Waals surface area contributed by atoms with Crippen LogP contribution in [-0.4, -0.2) is 15.1 Å². The molecule has 0 aliphatic carbocycles. The Bertz CT molecular complexity index is 492. The van der Waals surface area contributed by atoms with Crippen LogP contribution in [0.4, 0.5) is 5.88 Å². The molecule has 0 atom stereocenters. The molecule has 0 radical (unpaired) electrons. The topological polar surface area (TPSA) is 108 Å². The number of hydrogen-bond acceptors (Lipinski definition) is 7. The Hall–Kier alpha value is -1.80. The molecule has 8 heteroatoms. The Kier molecular flexibility index (Phi) is 2.44. The van der Waals surface area contributed by atoms with Crippen molar-refractivity contribution in [3.8, 4) is 10.8 Å². The number of nitrogens with two attached hydrogens (primary N) is 1. The molecule has 2 heterocycles. The van der Waals surface area contributed by atoms with Crippen molar-refractivity contribution in [3.63, 3.8) is 0 Å². The maximum absolute atomic E-state index is 10.4. The largest absolute Gasteiger partial charge is 0.433 e. The lowest BCUT2D eigenvalue weighted by molar-refractivity contribution is -0.401. The third-order valence-corrected chi connectivity index (χ3v) is 2.58. The fourth-order valence-electron chi connectivity index (χ4n) is 0.976. The van der Waals surface area contributed by atoms with E-state index in [0.29, 0.717) is 22.3 Å². The zero-order valence-electron chi connectivity index (χ0n) is 7.41. The van der Waals surface area contributed by atoms with Crippen LogP contribution in [0.1, 0.15) is 5.01 Å². The van der Waals surface area contributed by atoms with Gasteiger partial charge in [-0.15, -0.1) is 10.2 Å². The van der Waals surface area contributed by atoms with E-state index in [0.717, 1.165) is 0 Å². The molecule has 7 nitrogen and oxygen atoms in total. The van der Waals surface area contributed by atoms with Crippen molar-refractivity contribution in [2.75, 3.05) is 0 Å². The van der Waals surface area contributed by atoms with E-state index in [2.05, 4.69) is 10.2 Å². The Balaban J connectivity index is 2.32. The van der Waals surface area contributed by atoms with E-state index in [1.54, 1.807) is 0 Å². The molecule has 0 aliphatic rings. The first-order valence-electron chi connectivity index (χ1n) is 3.97. The highest BCUT2D eigenvalue weighted by Crippen LogP contribution is 2.28. The lowest BCUT2D eigenvalue weighted by atomic mass is 10.5. The molecule has 15 heavy (non-hydrogen) atoms. The minimum absolute atomic E-state index is 0.292. The third-order valence-electron chi connectivity index (χ3n) is 1.62. The normalized spacial score (nSPS) is 10.5. The average molecular weight is 226 g/mol. The van der Waals surface area contributed by atoms with Crippen LogP contribution in [0.15, 0.2) is 16.5 Å². The number of nitrogens with zero attached hydrogens (tertiary/aromatic N) is 3. The van der Waals surface area contributed by atoms with Crippen LogP contribution in [-0.2, 0) is 6.54 Å². The summed E-state index contributed by atoms with van der Waals surface area (Å²) in [7, 11) is 0. The van der Waals surface area contributed by atoms with E-state index in [9.17, 15) is 10.1 Å². The summed E-state index contributed by atoms with van der Waals surface area (Å²) in [6.07, 6.45) is 0. The quantitative estimate of drug-likeness (QED) is 0.621. The molecule has 78 valence electrons. The van der Waals surface area contributed by atoms with Crippen molar-refractivity contribution in [1.82, 2.24) is 10.2 Å². The van der Waals surface area contributed by atoms with E-state index < -0.39 is 4.92 Å². The molecule has 2 rings (SSSR count). The van der Waals surface area contributed by atoms with E-state index >= 15 is 0 Å². The molecular weight excluding hydrogens is 220 g/mol. The van der Waals surface area contributed by atoms with Gasteiger partial charge in [-0.1, -0.05) is 11.3 Å². The van der Waals surface area contributed by atoms with Gasteiger partial charge < -0.3 is 10.2 Å². The number of hydrogen-bond donors (Lipinski definition) is 1. The highest BCUT2D eigenvalue weighted by atomic mass is 32.1. The van der Waals surface area contributed by atoms with Gasteiger partial charge in [-0.3, -0.25) is 10.1 Å². The van der Waals surface area contributed by atoms with Gasteiger partial charge in [0, 0.05) is 6.54 Å². The van der Waals surface area contributed by atoms with Gasteiger partial charge in [-0.05, 0) is 6.07 Å². The Labute approximate surface area is 87.7 Å². The van der Waals surface area contributed by atoms with Crippen LogP contribution in [0.5, 0.6) is 0 Å². The molecule has 0 aliphatic heterocycles. The highest BCUT2D eigenvalue weighted by Gasteiger charge is 2.15. The van der Waals surface area contributed by atoms with Crippen molar-refractivity contribution in [3.05, 3.63) is 27.3 Å². The molecule has 2 aromatic rings. The minimum atomic E-state index is -0.603. The van der Waals surface area contributed by atoms with Crippen molar-refractivity contribution in [1.29, 1.82) is 0 Å². The van der Waals surface area contributed by atoms with E-state index in [1.165, 1.54) is 23.5 Å². The first-order chi connectivity index (χ1) is 7.20. The molecule has 0 unspecified atom stereocenters. The third kappa shape index (κ3) is 1.85. The summed E-state index contributed by atoms with van der Waals surface area (Å²) in [6, 6.07) is 2.76. The number of nitro groups is 1. The second-order valence-electron chi connectivity index (χ2n) is 2.60. The summed E-state index contributed by atoms with van der Waals surface area (Å²) in [5.74, 6) is 0.0217. The molecule has 0 bridgehead atoms. The summed E-state index contributed by atoms with van der Waals surface area (Å²) in [4.78, 5) is 9.76. The molecule has 0 amide bonds. The summed E-state index contributed by atoms with van der Waals surface area (Å²) < 4.78 is 4.96. The van der Waals surface area contributed by atoms with Gasteiger partial charge in [-0.2, -0.15) is 0 Å². The van der Waals surface area contributed by atoms with Crippen LogP contribution in [0.3, 0.4) is 0 Å². The molecule has 0 saturated carbocycles. The Morgan fingerprint density at radius 1 is 1.53 bits per heavy atom. The van der Waals surface area contributed by atoms with Crippen molar-refractivity contribution in [2.45, 2.75) is 6.54 Å². The zero-order valence-corrected chi connectivity index (χ0v) is 8.23. The maximum atomic E-state index is 10.4. The van der Waals surface area contributed by atoms with Gasteiger partial charge >= 0.3 is 5.88 Å².